The van der Waals surface area contributed by atoms with Crippen LogP contribution in [0.4, 0.5) is 0 Å². The molecule has 0 heterocycles. The number of ether oxygens (including phenoxy) is 1. The van der Waals surface area contributed by atoms with Crippen molar-refractivity contribution in [2.45, 2.75) is 13.0 Å². The summed E-state index contributed by atoms with van der Waals surface area (Å²) < 4.78 is 9.01. The number of halogens is 4. The standard InChI is InChI=1S/C22H16BrClI2N2O2/c23-17-5-1-15(2-6-17)13-30-22-19(25)9-16(10-20(22)26)12-27-28-21(29)11-14-3-7-18(24)8-4-14/h1-10,12H,11,13H2,(H,28,29)/b27-12-. The maximum Gasteiger partial charge on any atom is 0.244 e. The van der Waals surface area contributed by atoms with E-state index in [2.05, 4.69) is 71.6 Å². The Morgan fingerprint density at radius 1 is 1.03 bits per heavy atom. The Kier molecular flexibility index (Phi) is 8.97. The first-order valence-electron chi connectivity index (χ1n) is 8.83. The molecule has 3 rings (SSSR count). The predicted octanol–water partition coefficient (Wildman–Crippen LogP) is 6.58. The van der Waals surface area contributed by atoms with Crippen molar-refractivity contribution in [3.8, 4) is 5.75 Å². The highest BCUT2D eigenvalue weighted by Gasteiger charge is 2.09. The number of hydrazone groups is 1. The van der Waals surface area contributed by atoms with Gasteiger partial charge in [-0.25, -0.2) is 5.43 Å². The molecule has 0 unspecified atom stereocenters. The quantitative estimate of drug-likeness (QED) is 0.171. The molecule has 8 heteroatoms. The van der Waals surface area contributed by atoms with Gasteiger partial charge in [0.15, 0.2) is 0 Å². The number of carbonyl (C=O) groups excluding carboxylic acids is 1. The fourth-order valence-corrected chi connectivity index (χ4v) is 5.05. The van der Waals surface area contributed by atoms with Crippen LogP contribution in [0.1, 0.15) is 16.7 Å². The summed E-state index contributed by atoms with van der Waals surface area (Å²) in [6.45, 7) is 0.494. The van der Waals surface area contributed by atoms with E-state index in [4.69, 9.17) is 16.3 Å². The van der Waals surface area contributed by atoms with Crippen molar-refractivity contribution in [3.63, 3.8) is 0 Å². The van der Waals surface area contributed by atoms with Crippen LogP contribution in [-0.4, -0.2) is 12.1 Å². The highest BCUT2D eigenvalue weighted by molar-refractivity contribution is 14.1. The van der Waals surface area contributed by atoms with E-state index in [0.717, 1.165) is 34.1 Å². The van der Waals surface area contributed by atoms with Crippen LogP contribution in [0.15, 0.2) is 70.2 Å². The summed E-state index contributed by atoms with van der Waals surface area (Å²) in [6, 6.07) is 19.1. The van der Waals surface area contributed by atoms with Gasteiger partial charge in [-0.1, -0.05) is 51.8 Å². The second-order valence-corrected chi connectivity index (χ2v) is 10.0. The molecule has 154 valence electrons. The fourth-order valence-electron chi connectivity index (χ4n) is 2.53. The molecule has 0 aliphatic rings. The van der Waals surface area contributed by atoms with Gasteiger partial charge in [-0.3, -0.25) is 4.79 Å². The Morgan fingerprint density at radius 2 is 1.63 bits per heavy atom. The van der Waals surface area contributed by atoms with Crippen molar-refractivity contribution in [1.82, 2.24) is 5.43 Å². The first-order chi connectivity index (χ1) is 14.4. The lowest BCUT2D eigenvalue weighted by molar-refractivity contribution is -0.120. The minimum atomic E-state index is -0.188. The van der Waals surface area contributed by atoms with Gasteiger partial charge in [0.05, 0.1) is 19.8 Å². The van der Waals surface area contributed by atoms with Crippen LogP contribution < -0.4 is 10.2 Å². The number of rotatable bonds is 7. The number of amides is 1. The van der Waals surface area contributed by atoms with E-state index < -0.39 is 0 Å². The molecule has 0 aromatic heterocycles. The second-order valence-electron chi connectivity index (χ2n) is 6.33. The normalized spacial score (nSPS) is 10.9. The Balaban J connectivity index is 1.57. The van der Waals surface area contributed by atoms with Gasteiger partial charge in [-0.2, -0.15) is 5.10 Å². The zero-order chi connectivity index (χ0) is 21.5. The lowest BCUT2D eigenvalue weighted by atomic mass is 10.1. The average molecular weight is 710 g/mol. The number of benzene rings is 3. The van der Waals surface area contributed by atoms with Crippen molar-refractivity contribution in [2.24, 2.45) is 5.10 Å². The summed E-state index contributed by atoms with van der Waals surface area (Å²) in [6.07, 6.45) is 1.87. The predicted molar refractivity (Wildman–Crippen MR) is 141 cm³/mol. The van der Waals surface area contributed by atoms with Gasteiger partial charge in [0.1, 0.15) is 12.4 Å². The van der Waals surface area contributed by atoms with E-state index in [-0.39, 0.29) is 12.3 Å². The first-order valence-corrected chi connectivity index (χ1v) is 12.2. The van der Waals surface area contributed by atoms with Crippen LogP contribution in [0.25, 0.3) is 0 Å². The molecule has 0 saturated carbocycles. The maximum atomic E-state index is 12.0. The highest BCUT2D eigenvalue weighted by atomic mass is 127. The van der Waals surface area contributed by atoms with Crippen LogP contribution in [0, 0.1) is 7.14 Å². The van der Waals surface area contributed by atoms with Crippen molar-refractivity contribution in [3.05, 3.63) is 94.0 Å². The monoisotopic (exact) mass is 708 g/mol. The third-order valence-electron chi connectivity index (χ3n) is 4.00. The molecule has 0 radical (unpaired) electrons. The molecule has 4 nitrogen and oxygen atoms in total. The molecule has 0 aliphatic carbocycles. The lowest BCUT2D eigenvalue weighted by Gasteiger charge is -2.11. The summed E-state index contributed by atoms with van der Waals surface area (Å²) in [7, 11) is 0. The average Bonchev–Trinajstić information content (AvgIpc) is 2.70. The number of hydrogen-bond donors (Lipinski definition) is 1. The number of nitrogens with one attached hydrogen (secondary N) is 1. The number of carbonyl (C=O) groups is 1. The largest absolute Gasteiger partial charge is 0.487 e. The van der Waals surface area contributed by atoms with Crippen LogP contribution in [-0.2, 0) is 17.8 Å². The summed E-state index contributed by atoms with van der Waals surface area (Å²) in [5.41, 5.74) is 5.41. The topological polar surface area (TPSA) is 50.7 Å². The molecular weight excluding hydrogens is 693 g/mol. The van der Waals surface area contributed by atoms with Gasteiger partial charge < -0.3 is 4.74 Å². The number of nitrogens with zero attached hydrogens (tertiary/aromatic N) is 1. The van der Waals surface area contributed by atoms with Crippen molar-refractivity contribution in [1.29, 1.82) is 0 Å². The molecule has 0 fully saturated rings. The minimum Gasteiger partial charge on any atom is -0.487 e. The van der Waals surface area contributed by atoms with Crippen molar-refractivity contribution < 1.29 is 9.53 Å². The van der Waals surface area contributed by atoms with Crippen molar-refractivity contribution in [2.75, 3.05) is 0 Å². The SMILES string of the molecule is O=C(Cc1ccc(Cl)cc1)N/N=C\c1cc(I)c(OCc2ccc(Br)cc2)c(I)c1. The Bertz CT molecular complexity index is 1030. The molecule has 30 heavy (non-hydrogen) atoms. The smallest absolute Gasteiger partial charge is 0.244 e. The molecule has 0 atom stereocenters. The minimum absolute atomic E-state index is 0.188. The lowest BCUT2D eigenvalue weighted by Crippen LogP contribution is -2.19. The van der Waals surface area contributed by atoms with E-state index in [0.29, 0.717) is 11.6 Å². The second kappa shape index (κ2) is 11.4. The van der Waals surface area contributed by atoms with Crippen LogP contribution in [0.5, 0.6) is 5.75 Å². The molecule has 3 aromatic carbocycles. The summed E-state index contributed by atoms with van der Waals surface area (Å²) in [4.78, 5) is 12.0. The fraction of sp³-hybridized carbons (Fsp3) is 0.0909. The van der Waals surface area contributed by atoms with Gasteiger partial charge in [-0.15, -0.1) is 0 Å². The van der Waals surface area contributed by atoms with Gasteiger partial charge in [0.25, 0.3) is 0 Å². The third-order valence-corrected chi connectivity index (χ3v) is 6.38. The van der Waals surface area contributed by atoms with Crippen LogP contribution in [0.3, 0.4) is 0 Å². The van der Waals surface area contributed by atoms with E-state index in [1.54, 1.807) is 18.3 Å². The van der Waals surface area contributed by atoms with Crippen LogP contribution >= 0.6 is 72.7 Å². The van der Waals surface area contributed by atoms with Gasteiger partial charge >= 0.3 is 0 Å². The molecule has 0 spiro atoms. The van der Waals surface area contributed by atoms with E-state index in [1.165, 1.54) is 0 Å². The van der Waals surface area contributed by atoms with Gasteiger partial charge in [0, 0.05) is 9.50 Å². The Morgan fingerprint density at radius 3 is 2.27 bits per heavy atom. The molecule has 0 aliphatic heterocycles. The third kappa shape index (κ3) is 7.21. The van der Waals surface area contributed by atoms with E-state index >= 15 is 0 Å². The molecule has 1 amide bonds. The molecule has 1 N–H and O–H groups in total. The first kappa shape index (κ1) is 23.5. The zero-order valence-corrected chi connectivity index (χ0v) is 22.2. The number of hydrogen-bond acceptors (Lipinski definition) is 3. The Labute approximate surface area is 215 Å². The highest BCUT2D eigenvalue weighted by Crippen LogP contribution is 2.29. The van der Waals surface area contributed by atoms with Crippen LogP contribution in [0.2, 0.25) is 5.02 Å². The van der Waals surface area contributed by atoms with Gasteiger partial charge in [-0.05, 0) is 98.3 Å². The summed E-state index contributed by atoms with van der Waals surface area (Å²) in [5.74, 6) is 0.649. The molecule has 3 aromatic rings. The summed E-state index contributed by atoms with van der Waals surface area (Å²) in [5, 5.41) is 4.71. The summed E-state index contributed by atoms with van der Waals surface area (Å²) >= 11 is 13.8. The van der Waals surface area contributed by atoms with E-state index in [9.17, 15) is 4.79 Å². The van der Waals surface area contributed by atoms with Crippen molar-refractivity contribution >= 4 is 84.8 Å². The molecule has 0 saturated heterocycles. The van der Waals surface area contributed by atoms with E-state index in [1.807, 2.05) is 48.5 Å². The zero-order valence-electron chi connectivity index (χ0n) is 15.5. The van der Waals surface area contributed by atoms with Gasteiger partial charge in [0.2, 0.25) is 5.91 Å². The Hall–Kier alpha value is -1.17. The molecule has 0 bridgehead atoms. The molecular formula is C22H16BrClI2N2O2. The maximum absolute atomic E-state index is 12.0.